The van der Waals surface area contributed by atoms with E-state index in [9.17, 15) is 9.90 Å². The summed E-state index contributed by atoms with van der Waals surface area (Å²) < 4.78 is 0. The molecule has 2 aromatic carbocycles. The van der Waals surface area contributed by atoms with Gasteiger partial charge in [0, 0.05) is 52.2 Å². The summed E-state index contributed by atoms with van der Waals surface area (Å²) >= 11 is 0. The van der Waals surface area contributed by atoms with Crippen LogP contribution in [0.2, 0.25) is 0 Å². The molecule has 0 aliphatic carbocycles. The van der Waals surface area contributed by atoms with Crippen LogP contribution >= 0.6 is 0 Å². The zero-order valence-corrected chi connectivity index (χ0v) is 16.3. The maximum Gasteiger partial charge on any atom is 0.137 e. The molecule has 1 amide bonds. The molecule has 2 heterocycles. The number of nitrogens with one attached hydrogen (secondary N) is 2. The molecule has 0 atom stereocenters. The largest absolute Gasteiger partial charge is 0.530 e. The molecule has 0 aliphatic rings. The number of benzene rings is 2. The molecule has 0 saturated heterocycles. The Bertz CT molecular complexity index is 1060. The van der Waals surface area contributed by atoms with Crippen molar-refractivity contribution < 1.29 is 9.90 Å². The number of H-pyrrole nitrogens is 2. The van der Waals surface area contributed by atoms with Crippen molar-refractivity contribution in [1.82, 2.24) is 14.9 Å². The molecule has 0 radical (unpaired) electrons. The lowest BCUT2D eigenvalue weighted by Crippen LogP contribution is -2.53. The number of hydrogen-bond acceptors (Lipinski definition) is 2. The van der Waals surface area contributed by atoms with Crippen molar-refractivity contribution in [2.24, 2.45) is 0 Å². The fourth-order valence-corrected chi connectivity index (χ4v) is 3.93. The lowest BCUT2D eigenvalue weighted by Gasteiger charge is -2.40. The Labute approximate surface area is 164 Å². The molecular weight excluding hydrogens is 350 g/mol. The Balaban J connectivity index is 1.90. The van der Waals surface area contributed by atoms with E-state index in [1.165, 1.54) is 4.90 Å². The normalized spacial score (nSPS) is 12.1. The van der Waals surface area contributed by atoms with Gasteiger partial charge in [-0.1, -0.05) is 36.4 Å². The molecule has 5 nitrogen and oxygen atoms in total. The molecule has 4 aromatic rings. The fourth-order valence-electron chi connectivity index (χ4n) is 3.93. The van der Waals surface area contributed by atoms with Gasteiger partial charge in [0.25, 0.3) is 0 Å². The molecule has 0 unspecified atom stereocenters. The molecule has 2 aromatic heterocycles. The lowest BCUT2D eigenvalue weighted by molar-refractivity contribution is -0.270. The summed E-state index contributed by atoms with van der Waals surface area (Å²) in [5.74, 6) is -0.135. The van der Waals surface area contributed by atoms with Crippen LogP contribution in [0.25, 0.3) is 21.8 Å². The van der Waals surface area contributed by atoms with Crippen LogP contribution in [-0.4, -0.2) is 33.0 Å². The van der Waals surface area contributed by atoms with E-state index in [1.54, 1.807) is 0 Å². The standard InChI is InChI=1S/C23H25N3O2/c1-23(2,3)26(22(27)28)14-19(17-12-24-20-10-6-4-8-15(17)20)18-13-25-21-11-7-5-9-16(18)21/h4-13,19,24-25H,14H2,1-3H3,(H,27,28)/p-1. The van der Waals surface area contributed by atoms with Crippen LogP contribution in [0.4, 0.5) is 4.79 Å². The summed E-state index contributed by atoms with van der Waals surface area (Å²) in [4.78, 5) is 20.0. The number of para-hydroxylation sites is 2. The summed E-state index contributed by atoms with van der Waals surface area (Å²) in [5, 5.41) is 14.2. The van der Waals surface area contributed by atoms with Gasteiger partial charge in [-0.15, -0.1) is 0 Å². The van der Waals surface area contributed by atoms with E-state index < -0.39 is 11.6 Å². The maximum atomic E-state index is 11.9. The minimum Gasteiger partial charge on any atom is -0.530 e. The van der Waals surface area contributed by atoms with Gasteiger partial charge >= 0.3 is 0 Å². The smallest absolute Gasteiger partial charge is 0.137 e. The van der Waals surface area contributed by atoms with Gasteiger partial charge in [0.2, 0.25) is 0 Å². The van der Waals surface area contributed by atoms with E-state index >= 15 is 0 Å². The van der Waals surface area contributed by atoms with Crippen molar-refractivity contribution in [3.8, 4) is 0 Å². The maximum absolute atomic E-state index is 11.9. The second-order valence-corrected chi connectivity index (χ2v) is 8.18. The van der Waals surface area contributed by atoms with E-state index in [1.807, 2.05) is 69.6 Å². The fraction of sp³-hybridized carbons (Fsp3) is 0.261. The van der Waals surface area contributed by atoms with E-state index in [0.29, 0.717) is 6.54 Å². The van der Waals surface area contributed by atoms with E-state index in [0.717, 1.165) is 32.9 Å². The van der Waals surface area contributed by atoms with Gasteiger partial charge in [0.15, 0.2) is 0 Å². The highest BCUT2D eigenvalue weighted by Crippen LogP contribution is 2.36. The van der Waals surface area contributed by atoms with Crippen molar-refractivity contribution >= 4 is 27.9 Å². The molecular formula is C23H24N3O2-. The second-order valence-electron chi connectivity index (χ2n) is 8.18. The number of fused-ring (bicyclic) bond motifs is 2. The van der Waals surface area contributed by atoms with Gasteiger partial charge in [0.1, 0.15) is 6.09 Å². The third kappa shape index (κ3) is 3.13. The van der Waals surface area contributed by atoms with E-state index in [2.05, 4.69) is 22.1 Å². The number of amides is 1. The zero-order chi connectivity index (χ0) is 19.9. The summed E-state index contributed by atoms with van der Waals surface area (Å²) in [6.07, 6.45) is 2.83. The molecule has 5 heteroatoms. The highest BCUT2D eigenvalue weighted by molar-refractivity contribution is 5.88. The third-order valence-electron chi connectivity index (χ3n) is 5.39. The van der Waals surface area contributed by atoms with Gasteiger partial charge in [-0.3, -0.25) is 0 Å². The molecule has 144 valence electrons. The first-order chi connectivity index (χ1) is 13.4. The first-order valence-corrected chi connectivity index (χ1v) is 9.47. The quantitative estimate of drug-likeness (QED) is 0.561. The second kappa shape index (κ2) is 6.75. The number of hydrogen-bond donors (Lipinski definition) is 2. The summed E-state index contributed by atoms with van der Waals surface area (Å²) in [6.45, 7) is 5.99. The molecule has 0 bridgehead atoms. The molecule has 0 saturated carbocycles. The average Bonchev–Trinajstić information content (AvgIpc) is 3.26. The van der Waals surface area contributed by atoms with Gasteiger partial charge in [0.05, 0.1) is 0 Å². The van der Waals surface area contributed by atoms with Crippen molar-refractivity contribution in [3.05, 3.63) is 72.1 Å². The lowest BCUT2D eigenvalue weighted by atomic mass is 9.89. The highest BCUT2D eigenvalue weighted by Gasteiger charge is 2.29. The monoisotopic (exact) mass is 374 g/mol. The molecule has 0 fully saturated rings. The van der Waals surface area contributed by atoms with Gasteiger partial charge in [-0.2, -0.15) is 0 Å². The van der Waals surface area contributed by atoms with Crippen LogP contribution in [0, 0.1) is 0 Å². The minimum absolute atomic E-state index is 0.135. The molecule has 0 aliphatic heterocycles. The van der Waals surface area contributed by atoms with Crippen molar-refractivity contribution in [3.63, 3.8) is 0 Å². The summed E-state index contributed by atoms with van der Waals surface area (Å²) in [6, 6.07) is 16.2. The van der Waals surface area contributed by atoms with Crippen LogP contribution < -0.4 is 5.11 Å². The Morgan fingerprint density at radius 1 is 0.929 bits per heavy atom. The molecule has 2 N–H and O–H groups in total. The molecule has 0 spiro atoms. The summed E-state index contributed by atoms with van der Waals surface area (Å²) in [5.41, 5.74) is 3.68. The molecule has 28 heavy (non-hydrogen) atoms. The van der Waals surface area contributed by atoms with Crippen molar-refractivity contribution in [2.75, 3.05) is 6.54 Å². The van der Waals surface area contributed by atoms with Crippen LogP contribution in [-0.2, 0) is 0 Å². The number of carbonyl (C=O) groups is 1. The van der Waals surface area contributed by atoms with Gasteiger partial charge in [-0.25, -0.2) is 0 Å². The minimum atomic E-state index is -1.16. The zero-order valence-electron chi connectivity index (χ0n) is 16.3. The first kappa shape index (κ1) is 18.2. The van der Waals surface area contributed by atoms with Crippen LogP contribution in [0.5, 0.6) is 0 Å². The first-order valence-electron chi connectivity index (χ1n) is 9.47. The number of carboxylic acid groups (broad SMARTS) is 1. The Morgan fingerprint density at radius 3 is 1.82 bits per heavy atom. The van der Waals surface area contributed by atoms with Crippen molar-refractivity contribution in [2.45, 2.75) is 32.2 Å². The summed E-state index contributed by atoms with van der Waals surface area (Å²) in [7, 11) is 0. The Morgan fingerprint density at radius 2 is 1.39 bits per heavy atom. The number of aromatic amines is 2. The molecule has 4 rings (SSSR count). The van der Waals surface area contributed by atoms with Gasteiger partial charge in [-0.05, 0) is 44.0 Å². The number of aromatic nitrogens is 2. The van der Waals surface area contributed by atoms with Crippen LogP contribution in [0.1, 0.15) is 37.8 Å². The van der Waals surface area contributed by atoms with Crippen LogP contribution in [0.15, 0.2) is 60.9 Å². The number of carbonyl (C=O) groups excluding carboxylic acids is 1. The van der Waals surface area contributed by atoms with E-state index in [4.69, 9.17) is 0 Å². The van der Waals surface area contributed by atoms with Crippen molar-refractivity contribution in [1.29, 1.82) is 0 Å². The highest BCUT2D eigenvalue weighted by atomic mass is 16.4. The predicted octanol–water partition coefficient (Wildman–Crippen LogP) is 4.22. The SMILES string of the molecule is CC(C)(C)N(CC(c1c[nH]c2ccccc12)c1c[nH]c2ccccc12)C(=O)[O-]. The number of nitrogens with zero attached hydrogens (tertiary/aromatic N) is 1. The Kier molecular flexibility index (Phi) is 4.38. The number of rotatable bonds is 4. The third-order valence-corrected chi connectivity index (χ3v) is 5.39. The topological polar surface area (TPSA) is 75.0 Å². The average molecular weight is 374 g/mol. The van der Waals surface area contributed by atoms with E-state index in [-0.39, 0.29) is 5.92 Å². The predicted molar refractivity (Wildman–Crippen MR) is 110 cm³/mol. The Hall–Kier alpha value is -3.21. The van der Waals surface area contributed by atoms with Crippen LogP contribution in [0.3, 0.4) is 0 Å². The van der Waals surface area contributed by atoms with Gasteiger partial charge < -0.3 is 24.8 Å².